The normalized spacial score (nSPS) is 17.3. The van der Waals surface area contributed by atoms with Gasteiger partial charge in [0, 0.05) is 30.2 Å². The second kappa shape index (κ2) is 7.51. The van der Waals surface area contributed by atoms with Crippen LogP contribution in [0.25, 0.3) is 0 Å². The maximum absolute atomic E-state index is 12.0. The zero-order valence-corrected chi connectivity index (χ0v) is 14.1. The van der Waals surface area contributed by atoms with Crippen molar-refractivity contribution in [2.45, 2.75) is 12.8 Å². The Bertz CT molecular complexity index is 625. The molecule has 1 amide bonds. The van der Waals surface area contributed by atoms with Gasteiger partial charge in [-0.05, 0) is 48.1 Å². The van der Waals surface area contributed by atoms with Crippen LogP contribution in [0.1, 0.15) is 11.3 Å². The molecule has 1 N–H and O–H groups in total. The Kier molecular flexibility index (Phi) is 5.18. The number of carbonyl (C=O) groups is 1. The molecule has 0 bridgehead atoms. The molecule has 1 atom stereocenters. The van der Waals surface area contributed by atoms with Crippen molar-refractivity contribution in [1.29, 1.82) is 0 Å². The molecule has 0 spiro atoms. The lowest BCUT2D eigenvalue weighted by molar-refractivity contribution is -0.120. The van der Waals surface area contributed by atoms with E-state index in [0.717, 1.165) is 36.7 Å². The third kappa shape index (κ3) is 4.26. The first-order valence-corrected chi connectivity index (χ1v) is 8.80. The van der Waals surface area contributed by atoms with Crippen LogP contribution in [-0.4, -0.2) is 32.7 Å². The molecule has 1 aliphatic heterocycles. The van der Waals surface area contributed by atoms with E-state index in [2.05, 4.69) is 22.3 Å². The highest BCUT2D eigenvalue weighted by atomic mass is 32.1. The molecule has 0 saturated carbocycles. The summed E-state index contributed by atoms with van der Waals surface area (Å²) in [7, 11) is 1.68. The maximum atomic E-state index is 12.0. The number of nitrogens with zero attached hydrogens (tertiary/aromatic N) is 1. The largest absolute Gasteiger partial charge is 0.497 e. The van der Waals surface area contributed by atoms with Crippen molar-refractivity contribution in [2.24, 2.45) is 5.92 Å². The van der Waals surface area contributed by atoms with Gasteiger partial charge in [0.15, 0.2) is 0 Å². The summed E-state index contributed by atoms with van der Waals surface area (Å²) in [4.78, 5) is 15.4. The van der Waals surface area contributed by atoms with Gasteiger partial charge in [-0.15, -0.1) is 11.3 Å². The van der Waals surface area contributed by atoms with Crippen LogP contribution in [-0.2, 0) is 11.2 Å². The van der Waals surface area contributed by atoms with E-state index in [0.29, 0.717) is 12.3 Å². The van der Waals surface area contributed by atoms with Gasteiger partial charge in [0.2, 0.25) is 5.91 Å². The van der Waals surface area contributed by atoms with Crippen LogP contribution in [0, 0.1) is 5.92 Å². The summed E-state index contributed by atoms with van der Waals surface area (Å²) in [6.07, 6.45) is 1.61. The number of hydrogen-bond donors (Lipinski definition) is 1. The van der Waals surface area contributed by atoms with E-state index in [1.165, 1.54) is 5.69 Å². The zero-order valence-electron chi connectivity index (χ0n) is 13.3. The second-order valence-electron chi connectivity index (χ2n) is 5.86. The lowest BCUT2D eigenvalue weighted by Gasteiger charge is -2.19. The van der Waals surface area contributed by atoms with Gasteiger partial charge in [0.25, 0.3) is 0 Å². The summed E-state index contributed by atoms with van der Waals surface area (Å²) in [6.45, 7) is 2.79. The molecule has 4 nitrogen and oxygen atoms in total. The van der Waals surface area contributed by atoms with Crippen LogP contribution in [0.2, 0.25) is 0 Å². The van der Waals surface area contributed by atoms with Gasteiger partial charge < -0.3 is 15.0 Å². The van der Waals surface area contributed by atoms with Crippen molar-refractivity contribution in [1.82, 2.24) is 5.32 Å². The van der Waals surface area contributed by atoms with Gasteiger partial charge in [-0.25, -0.2) is 0 Å². The minimum atomic E-state index is 0.121. The highest BCUT2D eigenvalue weighted by Crippen LogP contribution is 2.25. The molecule has 2 aromatic rings. The van der Waals surface area contributed by atoms with Crippen molar-refractivity contribution >= 4 is 22.9 Å². The first-order valence-electron chi connectivity index (χ1n) is 7.92. The van der Waals surface area contributed by atoms with Crippen LogP contribution in [0.5, 0.6) is 5.75 Å². The average molecular weight is 330 g/mol. The summed E-state index contributed by atoms with van der Waals surface area (Å²) in [5.41, 5.74) is 1.22. The molecule has 3 rings (SSSR count). The van der Waals surface area contributed by atoms with E-state index < -0.39 is 0 Å². The van der Waals surface area contributed by atoms with Gasteiger partial charge in [0.1, 0.15) is 5.75 Å². The number of thiophene rings is 1. The SMILES string of the molecule is COc1ccc(N2CCC(CNC(=O)Cc3cccs3)C2)cc1. The molecule has 1 aromatic carbocycles. The molecule has 1 aliphatic rings. The Labute approximate surface area is 141 Å². The van der Waals surface area contributed by atoms with Gasteiger partial charge in [-0.2, -0.15) is 0 Å². The molecule has 23 heavy (non-hydrogen) atoms. The topological polar surface area (TPSA) is 41.6 Å². The highest BCUT2D eigenvalue weighted by molar-refractivity contribution is 7.10. The number of anilines is 1. The van der Waals surface area contributed by atoms with Crippen molar-refractivity contribution in [3.8, 4) is 5.75 Å². The zero-order chi connectivity index (χ0) is 16.1. The van der Waals surface area contributed by atoms with Crippen LogP contribution >= 0.6 is 11.3 Å². The number of amides is 1. The van der Waals surface area contributed by atoms with Gasteiger partial charge in [-0.3, -0.25) is 4.79 Å². The molecule has 0 radical (unpaired) electrons. The smallest absolute Gasteiger partial charge is 0.225 e. The number of methoxy groups -OCH3 is 1. The quantitative estimate of drug-likeness (QED) is 0.885. The minimum Gasteiger partial charge on any atom is -0.497 e. The van der Waals surface area contributed by atoms with Crippen molar-refractivity contribution in [3.05, 3.63) is 46.7 Å². The summed E-state index contributed by atoms with van der Waals surface area (Å²) in [6, 6.07) is 12.2. The first kappa shape index (κ1) is 15.9. The van der Waals surface area contributed by atoms with Gasteiger partial charge in [0.05, 0.1) is 13.5 Å². The van der Waals surface area contributed by atoms with Gasteiger partial charge >= 0.3 is 0 Å². The molecule has 1 fully saturated rings. The van der Waals surface area contributed by atoms with E-state index in [-0.39, 0.29) is 5.91 Å². The highest BCUT2D eigenvalue weighted by Gasteiger charge is 2.23. The van der Waals surface area contributed by atoms with Crippen LogP contribution in [0.15, 0.2) is 41.8 Å². The molecule has 5 heteroatoms. The standard InChI is InChI=1S/C18H22N2O2S/c1-22-16-6-4-15(5-7-16)20-9-8-14(13-20)12-19-18(21)11-17-3-2-10-23-17/h2-7,10,14H,8-9,11-13H2,1H3,(H,19,21). The number of rotatable bonds is 6. The summed E-state index contributed by atoms with van der Waals surface area (Å²) < 4.78 is 5.20. The second-order valence-corrected chi connectivity index (χ2v) is 6.89. The van der Waals surface area contributed by atoms with Crippen molar-refractivity contribution < 1.29 is 9.53 Å². The summed E-state index contributed by atoms with van der Waals surface area (Å²) in [5.74, 6) is 1.52. The fraction of sp³-hybridized carbons (Fsp3) is 0.389. The minimum absolute atomic E-state index is 0.121. The third-order valence-electron chi connectivity index (χ3n) is 4.23. The third-order valence-corrected chi connectivity index (χ3v) is 5.10. The molecule has 1 saturated heterocycles. The lowest BCUT2D eigenvalue weighted by Crippen LogP contribution is -2.31. The Balaban J connectivity index is 1.45. The molecule has 1 unspecified atom stereocenters. The maximum Gasteiger partial charge on any atom is 0.225 e. The first-order chi connectivity index (χ1) is 11.2. The van der Waals surface area contributed by atoms with Crippen LogP contribution < -0.4 is 15.0 Å². The van der Waals surface area contributed by atoms with Crippen molar-refractivity contribution in [2.75, 3.05) is 31.6 Å². The fourth-order valence-corrected chi connectivity index (χ4v) is 3.62. The molecule has 1 aromatic heterocycles. The molecule has 0 aliphatic carbocycles. The summed E-state index contributed by atoms with van der Waals surface area (Å²) in [5, 5.41) is 5.08. The predicted molar refractivity (Wildman–Crippen MR) is 94.3 cm³/mol. The Morgan fingerprint density at radius 1 is 1.35 bits per heavy atom. The number of benzene rings is 1. The monoisotopic (exact) mass is 330 g/mol. The number of ether oxygens (including phenoxy) is 1. The van der Waals surface area contributed by atoms with Crippen LogP contribution in [0.3, 0.4) is 0 Å². The molecular formula is C18H22N2O2S. The Morgan fingerprint density at radius 3 is 2.87 bits per heavy atom. The molecular weight excluding hydrogens is 308 g/mol. The predicted octanol–water partition coefficient (Wildman–Crippen LogP) is 2.94. The van der Waals surface area contributed by atoms with E-state index in [4.69, 9.17) is 4.74 Å². The van der Waals surface area contributed by atoms with Gasteiger partial charge in [-0.1, -0.05) is 6.07 Å². The van der Waals surface area contributed by atoms with E-state index >= 15 is 0 Å². The van der Waals surface area contributed by atoms with E-state index in [1.807, 2.05) is 29.6 Å². The lowest BCUT2D eigenvalue weighted by atomic mass is 10.1. The van der Waals surface area contributed by atoms with E-state index in [1.54, 1.807) is 18.4 Å². The van der Waals surface area contributed by atoms with Crippen molar-refractivity contribution in [3.63, 3.8) is 0 Å². The van der Waals surface area contributed by atoms with Crippen LogP contribution in [0.4, 0.5) is 5.69 Å². The number of hydrogen-bond acceptors (Lipinski definition) is 4. The average Bonchev–Trinajstić information content (AvgIpc) is 3.25. The molecule has 122 valence electrons. The number of carbonyl (C=O) groups excluding carboxylic acids is 1. The van der Waals surface area contributed by atoms with E-state index in [9.17, 15) is 4.79 Å². The molecule has 2 heterocycles. The Morgan fingerprint density at radius 2 is 2.17 bits per heavy atom. The Hall–Kier alpha value is -2.01. The summed E-state index contributed by atoms with van der Waals surface area (Å²) >= 11 is 1.63. The number of nitrogens with one attached hydrogen (secondary N) is 1. The fourth-order valence-electron chi connectivity index (χ4n) is 2.92.